The number of amides is 2. The van der Waals surface area contributed by atoms with E-state index in [1.54, 1.807) is 0 Å². The van der Waals surface area contributed by atoms with Gasteiger partial charge in [0.1, 0.15) is 0 Å². The number of hydrogen-bond acceptors (Lipinski definition) is 2. The molecule has 1 saturated heterocycles. The Morgan fingerprint density at radius 1 is 1.00 bits per heavy atom. The predicted molar refractivity (Wildman–Crippen MR) is 102 cm³/mol. The van der Waals surface area contributed by atoms with E-state index in [4.69, 9.17) is 11.6 Å². The molecule has 2 amide bonds. The monoisotopic (exact) mass is 357 g/mol. The predicted octanol–water partition coefficient (Wildman–Crippen LogP) is 3.68. The van der Waals surface area contributed by atoms with Crippen molar-refractivity contribution in [3.8, 4) is 0 Å². The second-order valence-electron chi connectivity index (χ2n) is 6.44. The Bertz CT molecular complexity index is 726. The summed E-state index contributed by atoms with van der Waals surface area (Å²) in [5, 5.41) is 3.84. The number of hydrogen-bond donors (Lipinski definition) is 1. The average molecular weight is 358 g/mol. The molecule has 132 valence electrons. The van der Waals surface area contributed by atoms with Gasteiger partial charge in [-0.2, -0.15) is 0 Å². The molecular weight excluding hydrogens is 334 g/mol. The van der Waals surface area contributed by atoms with Gasteiger partial charge in [0.15, 0.2) is 0 Å². The van der Waals surface area contributed by atoms with E-state index in [1.807, 2.05) is 35.2 Å². The molecule has 0 aliphatic carbocycles. The summed E-state index contributed by atoms with van der Waals surface area (Å²) in [5.41, 5.74) is 3.50. The molecule has 5 heteroatoms. The van der Waals surface area contributed by atoms with Gasteiger partial charge in [0, 0.05) is 44.3 Å². The largest absolute Gasteiger partial charge is 0.334 e. The quantitative estimate of drug-likeness (QED) is 0.906. The molecule has 0 bridgehead atoms. The first-order valence-corrected chi connectivity index (χ1v) is 9.04. The van der Waals surface area contributed by atoms with Crippen molar-refractivity contribution >= 4 is 17.6 Å². The van der Waals surface area contributed by atoms with Crippen LogP contribution in [0.15, 0.2) is 48.5 Å². The third kappa shape index (κ3) is 4.74. The van der Waals surface area contributed by atoms with E-state index in [0.29, 0.717) is 6.54 Å². The normalized spacial score (nSPS) is 15.2. The van der Waals surface area contributed by atoms with Gasteiger partial charge < -0.3 is 10.2 Å². The minimum absolute atomic E-state index is 0.0145. The highest BCUT2D eigenvalue weighted by Gasteiger charge is 2.21. The summed E-state index contributed by atoms with van der Waals surface area (Å²) in [6.07, 6.45) is 0. The van der Waals surface area contributed by atoms with Crippen molar-refractivity contribution in [2.75, 3.05) is 26.2 Å². The van der Waals surface area contributed by atoms with Gasteiger partial charge in [0.2, 0.25) is 0 Å². The van der Waals surface area contributed by atoms with Gasteiger partial charge in [0.25, 0.3) is 0 Å². The lowest BCUT2D eigenvalue weighted by Crippen LogP contribution is -2.51. The Kier molecular flexibility index (Phi) is 5.95. The molecule has 3 rings (SSSR count). The summed E-state index contributed by atoms with van der Waals surface area (Å²) in [6.45, 7) is 6.68. The Labute approximate surface area is 154 Å². The standard InChI is InChI=1S/C20H24ClN3O/c1-16-6-2-3-7-17(16)14-22-20(25)24-12-10-23(11-13-24)15-18-8-4-5-9-19(18)21/h2-9H,10-15H2,1H3,(H,22,25). The van der Waals surface area contributed by atoms with Crippen LogP contribution in [0.5, 0.6) is 0 Å². The third-order valence-electron chi connectivity index (χ3n) is 4.70. The molecule has 4 nitrogen and oxygen atoms in total. The van der Waals surface area contributed by atoms with Crippen LogP contribution in [0.4, 0.5) is 4.79 Å². The van der Waals surface area contributed by atoms with Gasteiger partial charge in [-0.25, -0.2) is 4.79 Å². The molecule has 0 atom stereocenters. The van der Waals surface area contributed by atoms with Crippen LogP contribution in [0.1, 0.15) is 16.7 Å². The molecule has 1 N–H and O–H groups in total. The van der Waals surface area contributed by atoms with Crippen LogP contribution in [0.25, 0.3) is 0 Å². The number of rotatable bonds is 4. The van der Waals surface area contributed by atoms with E-state index in [-0.39, 0.29) is 6.03 Å². The van der Waals surface area contributed by atoms with Crippen molar-refractivity contribution < 1.29 is 4.79 Å². The lowest BCUT2D eigenvalue weighted by Gasteiger charge is -2.34. The summed E-state index contributed by atoms with van der Waals surface area (Å²) in [4.78, 5) is 16.6. The molecule has 0 spiro atoms. The summed E-state index contributed by atoms with van der Waals surface area (Å²) in [7, 11) is 0. The van der Waals surface area contributed by atoms with E-state index in [2.05, 4.69) is 35.3 Å². The van der Waals surface area contributed by atoms with E-state index in [1.165, 1.54) is 5.56 Å². The Morgan fingerprint density at radius 2 is 1.64 bits per heavy atom. The first kappa shape index (κ1) is 17.8. The smallest absolute Gasteiger partial charge is 0.317 e. The number of aryl methyl sites for hydroxylation is 1. The highest BCUT2D eigenvalue weighted by molar-refractivity contribution is 6.31. The van der Waals surface area contributed by atoms with Gasteiger partial charge >= 0.3 is 6.03 Å². The first-order chi connectivity index (χ1) is 12.1. The number of carbonyl (C=O) groups is 1. The fraction of sp³-hybridized carbons (Fsp3) is 0.350. The molecule has 0 radical (unpaired) electrons. The van der Waals surface area contributed by atoms with Crippen LogP contribution in [0.3, 0.4) is 0 Å². The highest BCUT2D eigenvalue weighted by Crippen LogP contribution is 2.18. The zero-order chi connectivity index (χ0) is 17.6. The number of piperazine rings is 1. The second-order valence-corrected chi connectivity index (χ2v) is 6.85. The van der Waals surface area contributed by atoms with E-state index >= 15 is 0 Å². The summed E-state index contributed by atoms with van der Waals surface area (Å²) >= 11 is 6.23. The number of benzene rings is 2. The zero-order valence-corrected chi connectivity index (χ0v) is 15.3. The minimum atomic E-state index is 0.0145. The molecular formula is C20H24ClN3O. The van der Waals surface area contributed by atoms with Crippen molar-refractivity contribution in [3.05, 3.63) is 70.2 Å². The molecule has 0 unspecified atom stereocenters. The second kappa shape index (κ2) is 8.37. The van der Waals surface area contributed by atoms with E-state index in [9.17, 15) is 4.79 Å². The fourth-order valence-corrected chi connectivity index (χ4v) is 3.26. The summed E-state index contributed by atoms with van der Waals surface area (Å²) in [6, 6.07) is 16.1. The van der Waals surface area contributed by atoms with Crippen LogP contribution >= 0.6 is 11.6 Å². The maximum absolute atomic E-state index is 12.4. The fourth-order valence-electron chi connectivity index (χ4n) is 3.07. The molecule has 25 heavy (non-hydrogen) atoms. The van der Waals surface area contributed by atoms with Crippen molar-refractivity contribution in [1.29, 1.82) is 0 Å². The Hall–Kier alpha value is -2.04. The Morgan fingerprint density at radius 3 is 2.32 bits per heavy atom. The number of urea groups is 1. The number of nitrogens with one attached hydrogen (secondary N) is 1. The van der Waals surface area contributed by atoms with Crippen molar-refractivity contribution in [2.45, 2.75) is 20.0 Å². The van der Waals surface area contributed by atoms with Gasteiger partial charge in [-0.1, -0.05) is 54.1 Å². The van der Waals surface area contributed by atoms with E-state index < -0.39 is 0 Å². The van der Waals surface area contributed by atoms with Gasteiger partial charge in [-0.15, -0.1) is 0 Å². The SMILES string of the molecule is Cc1ccccc1CNC(=O)N1CCN(Cc2ccccc2Cl)CC1. The van der Waals surface area contributed by atoms with Gasteiger partial charge in [0.05, 0.1) is 0 Å². The maximum atomic E-state index is 12.4. The van der Waals surface area contributed by atoms with Crippen molar-refractivity contribution in [3.63, 3.8) is 0 Å². The highest BCUT2D eigenvalue weighted by atomic mass is 35.5. The van der Waals surface area contributed by atoms with Crippen LogP contribution in [-0.2, 0) is 13.1 Å². The molecule has 1 aliphatic heterocycles. The van der Waals surface area contributed by atoms with E-state index in [0.717, 1.165) is 48.9 Å². The molecule has 2 aromatic carbocycles. The van der Waals surface area contributed by atoms with Crippen molar-refractivity contribution in [1.82, 2.24) is 15.1 Å². The topological polar surface area (TPSA) is 35.6 Å². The third-order valence-corrected chi connectivity index (χ3v) is 5.07. The summed E-state index contributed by atoms with van der Waals surface area (Å²) < 4.78 is 0. The Balaban J connectivity index is 1.46. The molecule has 1 aliphatic rings. The van der Waals surface area contributed by atoms with Gasteiger partial charge in [-0.05, 0) is 29.7 Å². The molecule has 0 saturated carbocycles. The number of halogens is 1. The van der Waals surface area contributed by atoms with Crippen LogP contribution in [0, 0.1) is 6.92 Å². The molecule has 2 aromatic rings. The number of carbonyl (C=O) groups excluding carboxylic acids is 1. The average Bonchev–Trinajstić information content (AvgIpc) is 2.63. The minimum Gasteiger partial charge on any atom is -0.334 e. The lowest BCUT2D eigenvalue weighted by atomic mass is 10.1. The first-order valence-electron chi connectivity index (χ1n) is 8.66. The van der Waals surface area contributed by atoms with Crippen molar-refractivity contribution in [2.24, 2.45) is 0 Å². The number of nitrogens with zero attached hydrogens (tertiary/aromatic N) is 2. The summed E-state index contributed by atoms with van der Waals surface area (Å²) in [5.74, 6) is 0. The van der Waals surface area contributed by atoms with Crippen LogP contribution in [-0.4, -0.2) is 42.0 Å². The zero-order valence-electron chi connectivity index (χ0n) is 14.5. The lowest BCUT2D eigenvalue weighted by molar-refractivity contribution is 0.135. The van der Waals surface area contributed by atoms with Crippen LogP contribution in [0.2, 0.25) is 5.02 Å². The molecule has 1 fully saturated rings. The van der Waals surface area contributed by atoms with Gasteiger partial charge in [-0.3, -0.25) is 4.90 Å². The molecule has 0 aromatic heterocycles. The van der Waals surface area contributed by atoms with Crippen LogP contribution < -0.4 is 5.32 Å². The molecule has 1 heterocycles. The maximum Gasteiger partial charge on any atom is 0.317 e.